The number of alkyl halides is 2. The number of hydrogen-bond acceptors (Lipinski definition) is 1. The molecule has 0 heterocycles. The Labute approximate surface area is 87.1 Å². The Balaban J connectivity index is 2.06. The van der Waals surface area contributed by atoms with Crippen LogP contribution < -0.4 is 0 Å². The first-order valence-corrected chi connectivity index (χ1v) is 5.54. The van der Waals surface area contributed by atoms with Gasteiger partial charge in [-0.1, -0.05) is 12.2 Å². The third-order valence-corrected chi connectivity index (χ3v) is 4.83. The van der Waals surface area contributed by atoms with Crippen LogP contribution in [0.5, 0.6) is 0 Å². The van der Waals surface area contributed by atoms with E-state index in [1.54, 1.807) is 0 Å². The Morgan fingerprint density at radius 2 is 1.62 bits per heavy atom. The summed E-state index contributed by atoms with van der Waals surface area (Å²) in [5, 5.41) is -0.750. The average Bonchev–Trinajstić information content (AvgIpc) is 2.78. The van der Waals surface area contributed by atoms with E-state index < -0.39 is 0 Å². The second-order valence-corrected chi connectivity index (χ2v) is 5.32. The van der Waals surface area contributed by atoms with E-state index in [0.29, 0.717) is 0 Å². The molecule has 2 bridgehead atoms. The highest BCUT2D eigenvalue weighted by Gasteiger charge is 2.64. The molecule has 3 aliphatic rings. The van der Waals surface area contributed by atoms with Crippen molar-refractivity contribution in [3.8, 4) is 0 Å². The molecule has 0 saturated heterocycles. The number of allylic oxidation sites excluding steroid dienone is 2. The summed E-state index contributed by atoms with van der Waals surface area (Å²) in [6, 6.07) is 0. The van der Waals surface area contributed by atoms with Gasteiger partial charge in [0.25, 0.3) is 0 Å². The second-order valence-electron chi connectivity index (χ2n) is 4.38. The molecule has 3 rings (SSSR count). The standard InChI is InChI=1S/C10H10Cl2O/c11-7-5-1-2-6(8(12)9(7)13)10(5)3-4-10/h1-2,5-8H,3-4H2. The van der Waals surface area contributed by atoms with Crippen LogP contribution in [-0.2, 0) is 4.79 Å². The van der Waals surface area contributed by atoms with Gasteiger partial charge in [-0.2, -0.15) is 0 Å². The minimum atomic E-state index is -0.375. The van der Waals surface area contributed by atoms with Gasteiger partial charge in [0.1, 0.15) is 10.8 Å². The molecule has 0 radical (unpaired) electrons. The highest BCUT2D eigenvalue weighted by Crippen LogP contribution is 2.67. The molecule has 13 heavy (non-hydrogen) atoms. The molecule has 0 amide bonds. The molecule has 3 heteroatoms. The van der Waals surface area contributed by atoms with Gasteiger partial charge in [0, 0.05) is 11.8 Å². The van der Waals surface area contributed by atoms with Gasteiger partial charge in [0.15, 0.2) is 5.78 Å². The summed E-state index contributed by atoms with van der Waals surface area (Å²) in [6.45, 7) is 0. The minimum Gasteiger partial charge on any atom is -0.296 e. The van der Waals surface area contributed by atoms with Crippen molar-refractivity contribution in [3.63, 3.8) is 0 Å². The largest absolute Gasteiger partial charge is 0.296 e. The maximum atomic E-state index is 11.6. The van der Waals surface area contributed by atoms with E-state index in [2.05, 4.69) is 12.2 Å². The van der Waals surface area contributed by atoms with Gasteiger partial charge in [-0.05, 0) is 18.3 Å². The van der Waals surface area contributed by atoms with Crippen LogP contribution in [0.2, 0.25) is 0 Å². The summed E-state index contributed by atoms with van der Waals surface area (Å²) in [4.78, 5) is 11.6. The van der Waals surface area contributed by atoms with Crippen LogP contribution in [0.1, 0.15) is 12.8 Å². The Bertz CT molecular complexity index is 282. The van der Waals surface area contributed by atoms with E-state index in [4.69, 9.17) is 23.2 Å². The lowest BCUT2D eigenvalue weighted by Crippen LogP contribution is -2.45. The van der Waals surface area contributed by atoms with Gasteiger partial charge in [0.05, 0.1) is 0 Å². The molecule has 4 unspecified atom stereocenters. The Kier molecular flexibility index (Phi) is 1.48. The van der Waals surface area contributed by atoms with Crippen LogP contribution in [-0.4, -0.2) is 16.5 Å². The highest BCUT2D eigenvalue weighted by molar-refractivity contribution is 6.41. The van der Waals surface area contributed by atoms with Gasteiger partial charge >= 0.3 is 0 Å². The molecule has 3 aliphatic carbocycles. The number of halogens is 2. The van der Waals surface area contributed by atoms with Crippen LogP contribution in [0.15, 0.2) is 12.2 Å². The van der Waals surface area contributed by atoms with Crippen molar-refractivity contribution >= 4 is 29.0 Å². The van der Waals surface area contributed by atoms with Crippen molar-refractivity contribution in [1.82, 2.24) is 0 Å². The third-order valence-electron chi connectivity index (χ3n) is 3.86. The van der Waals surface area contributed by atoms with E-state index in [0.717, 1.165) is 0 Å². The second kappa shape index (κ2) is 2.32. The van der Waals surface area contributed by atoms with Crippen molar-refractivity contribution in [3.05, 3.63) is 12.2 Å². The minimum absolute atomic E-state index is 0.0286. The summed E-state index contributed by atoms with van der Waals surface area (Å²) in [6.07, 6.45) is 6.59. The Morgan fingerprint density at radius 3 is 2.00 bits per heavy atom. The predicted octanol–water partition coefficient (Wildman–Crippen LogP) is 2.37. The van der Waals surface area contributed by atoms with E-state index in [1.807, 2.05) is 0 Å². The molecular weight excluding hydrogens is 207 g/mol. The van der Waals surface area contributed by atoms with E-state index in [9.17, 15) is 4.79 Å². The third kappa shape index (κ3) is 0.829. The Hall–Kier alpha value is -0.0100. The van der Waals surface area contributed by atoms with Crippen molar-refractivity contribution in [2.45, 2.75) is 23.6 Å². The maximum absolute atomic E-state index is 11.6. The summed E-state index contributed by atoms with van der Waals surface area (Å²) >= 11 is 12.2. The first kappa shape index (κ1) is 8.31. The van der Waals surface area contributed by atoms with E-state index in [-0.39, 0.29) is 33.8 Å². The van der Waals surface area contributed by atoms with Crippen LogP contribution >= 0.6 is 23.2 Å². The molecule has 0 N–H and O–H groups in total. The lowest BCUT2D eigenvalue weighted by atomic mass is 9.73. The zero-order valence-corrected chi connectivity index (χ0v) is 8.55. The van der Waals surface area contributed by atoms with Gasteiger partial charge in [-0.25, -0.2) is 0 Å². The normalized spacial score (nSPS) is 50.2. The van der Waals surface area contributed by atoms with Crippen molar-refractivity contribution in [2.75, 3.05) is 0 Å². The molecule has 0 aliphatic heterocycles. The summed E-state index contributed by atoms with van der Waals surface area (Å²) < 4.78 is 0. The molecule has 0 aromatic rings. The Morgan fingerprint density at radius 1 is 1.15 bits per heavy atom. The quantitative estimate of drug-likeness (QED) is 0.449. The van der Waals surface area contributed by atoms with Gasteiger partial charge in [-0.15, -0.1) is 23.2 Å². The van der Waals surface area contributed by atoms with Crippen molar-refractivity contribution < 1.29 is 4.79 Å². The smallest absolute Gasteiger partial charge is 0.169 e. The summed E-state index contributed by atoms with van der Waals surface area (Å²) in [5.74, 6) is 0.559. The van der Waals surface area contributed by atoms with E-state index in [1.165, 1.54) is 12.8 Å². The molecular formula is C10H10Cl2O. The predicted molar refractivity (Wildman–Crippen MR) is 52.1 cm³/mol. The molecule has 2 fully saturated rings. The molecule has 0 aromatic heterocycles. The molecule has 70 valence electrons. The molecule has 1 nitrogen and oxygen atoms in total. The van der Waals surface area contributed by atoms with Crippen molar-refractivity contribution in [1.29, 1.82) is 0 Å². The summed E-state index contributed by atoms with van der Waals surface area (Å²) in [5.41, 5.74) is 0.284. The number of rotatable bonds is 0. The first-order valence-electron chi connectivity index (χ1n) is 4.67. The number of carbonyl (C=O) groups excluding carboxylic acids is 1. The summed E-state index contributed by atoms with van der Waals surface area (Å²) in [7, 11) is 0. The zero-order chi connectivity index (χ0) is 9.22. The van der Waals surface area contributed by atoms with Crippen molar-refractivity contribution in [2.24, 2.45) is 17.3 Å². The van der Waals surface area contributed by atoms with E-state index >= 15 is 0 Å². The molecule has 4 atom stereocenters. The van der Waals surface area contributed by atoms with Gasteiger partial charge < -0.3 is 0 Å². The number of carbonyl (C=O) groups is 1. The lowest BCUT2D eigenvalue weighted by Gasteiger charge is -2.36. The topological polar surface area (TPSA) is 17.1 Å². The maximum Gasteiger partial charge on any atom is 0.169 e. The van der Waals surface area contributed by atoms with Crippen LogP contribution in [0, 0.1) is 17.3 Å². The van der Waals surface area contributed by atoms with Gasteiger partial charge in [-0.3, -0.25) is 4.79 Å². The van der Waals surface area contributed by atoms with Crippen LogP contribution in [0.25, 0.3) is 0 Å². The van der Waals surface area contributed by atoms with Gasteiger partial charge in [0.2, 0.25) is 0 Å². The molecule has 1 spiro atoms. The highest BCUT2D eigenvalue weighted by atomic mass is 35.5. The fourth-order valence-corrected chi connectivity index (χ4v) is 3.95. The van der Waals surface area contributed by atoms with Crippen LogP contribution in [0.4, 0.5) is 0 Å². The first-order chi connectivity index (χ1) is 6.17. The monoisotopic (exact) mass is 216 g/mol. The van der Waals surface area contributed by atoms with Crippen LogP contribution in [0.3, 0.4) is 0 Å². The zero-order valence-electron chi connectivity index (χ0n) is 7.04. The number of ketones is 1. The fraction of sp³-hybridized carbons (Fsp3) is 0.700. The molecule has 0 aromatic carbocycles. The number of hydrogen-bond donors (Lipinski definition) is 0. The SMILES string of the molecule is O=C1C(Cl)C2C=CC(C1Cl)C21CC1. The average molecular weight is 217 g/mol. The lowest BCUT2D eigenvalue weighted by molar-refractivity contribution is -0.122. The molecule has 2 saturated carbocycles. The number of Topliss-reactive ketones (excluding diaryl/α,β-unsaturated/α-hetero) is 1. The fourth-order valence-electron chi connectivity index (χ4n) is 2.94.